The van der Waals surface area contributed by atoms with Gasteiger partial charge < -0.3 is 20.7 Å². The van der Waals surface area contributed by atoms with Gasteiger partial charge in [0.1, 0.15) is 5.54 Å². The van der Waals surface area contributed by atoms with Gasteiger partial charge in [0.05, 0.1) is 42.1 Å². The zero-order valence-corrected chi connectivity index (χ0v) is 19.1. The van der Waals surface area contributed by atoms with Gasteiger partial charge in [-0.25, -0.2) is 14.4 Å². The molecule has 0 aliphatic carbocycles. The van der Waals surface area contributed by atoms with Gasteiger partial charge in [0.2, 0.25) is 0 Å². The van der Waals surface area contributed by atoms with E-state index in [1.807, 2.05) is 6.07 Å². The van der Waals surface area contributed by atoms with Crippen LogP contribution < -0.4 is 16.0 Å². The van der Waals surface area contributed by atoms with Crippen LogP contribution in [0.1, 0.15) is 36.6 Å². The number of ether oxygens (including phenoxy) is 1. The first-order chi connectivity index (χ1) is 16.8. The van der Waals surface area contributed by atoms with Crippen LogP contribution in [0, 0.1) is 11.3 Å². The number of nitrogens with zero attached hydrogens (tertiary/aromatic N) is 2. The van der Waals surface area contributed by atoms with Crippen LogP contribution in [0.5, 0.6) is 0 Å². The molecule has 0 aromatic heterocycles. The van der Waals surface area contributed by atoms with Crippen LogP contribution in [0.15, 0.2) is 65.9 Å². The third kappa shape index (κ3) is 4.31. The maximum Gasteiger partial charge on any atom is 0.338 e. The molecule has 10 heteroatoms. The van der Waals surface area contributed by atoms with Gasteiger partial charge >= 0.3 is 18.0 Å². The Kier molecular flexibility index (Phi) is 6.25. The van der Waals surface area contributed by atoms with E-state index in [1.165, 1.54) is 13.0 Å². The van der Waals surface area contributed by atoms with E-state index in [1.54, 1.807) is 55.5 Å². The minimum Gasteiger partial charge on any atom is -0.463 e. The molecule has 1 saturated heterocycles. The molecule has 0 saturated carbocycles. The van der Waals surface area contributed by atoms with Crippen LogP contribution >= 0.6 is 0 Å². The highest BCUT2D eigenvalue weighted by Gasteiger charge is 2.50. The van der Waals surface area contributed by atoms with Crippen LogP contribution in [0.2, 0.25) is 0 Å². The summed E-state index contributed by atoms with van der Waals surface area (Å²) < 4.78 is 5.23. The summed E-state index contributed by atoms with van der Waals surface area (Å²) in [6.45, 7) is 2.94. The predicted octanol–water partition coefficient (Wildman–Crippen LogP) is 2.20. The van der Waals surface area contributed by atoms with E-state index >= 15 is 0 Å². The lowest BCUT2D eigenvalue weighted by atomic mass is 9.90. The molecular weight excluding hydrogens is 450 g/mol. The molecule has 0 spiro atoms. The van der Waals surface area contributed by atoms with E-state index < -0.39 is 35.5 Å². The Hall–Kier alpha value is -4.65. The first-order valence-corrected chi connectivity index (χ1v) is 11.0. The molecule has 0 radical (unpaired) electrons. The number of nitrogens with one attached hydrogen (secondary N) is 3. The van der Waals surface area contributed by atoms with Gasteiger partial charge in [0.15, 0.2) is 0 Å². The zero-order valence-electron chi connectivity index (χ0n) is 19.1. The highest BCUT2D eigenvalue weighted by Crippen LogP contribution is 2.32. The van der Waals surface area contributed by atoms with E-state index in [-0.39, 0.29) is 24.4 Å². The second-order valence-corrected chi connectivity index (χ2v) is 8.19. The smallest absolute Gasteiger partial charge is 0.338 e. The van der Waals surface area contributed by atoms with Crippen molar-refractivity contribution < 1.29 is 23.9 Å². The van der Waals surface area contributed by atoms with Gasteiger partial charge in [-0.3, -0.25) is 9.69 Å². The Morgan fingerprint density at radius 3 is 2.57 bits per heavy atom. The highest BCUT2D eigenvalue weighted by atomic mass is 16.5. The minimum absolute atomic E-state index is 0.0829. The van der Waals surface area contributed by atoms with Crippen LogP contribution in [-0.4, -0.2) is 42.0 Å². The number of rotatable bonds is 6. The number of amides is 5. The second kappa shape index (κ2) is 9.30. The first kappa shape index (κ1) is 23.5. The van der Waals surface area contributed by atoms with Crippen LogP contribution in [-0.2, 0) is 19.9 Å². The van der Waals surface area contributed by atoms with Crippen LogP contribution in [0.4, 0.5) is 9.59 Å². The topological polar surface area (TPSA) is 141 Å². The standard InChI is InChI=1S/C25H23N5O5/c1-3-35-21(31)19-18(27-23(33)28-20(19)16-9-5-4-6-10-16)14-30-22(32)25(2,29-24(30)34)17-11-7-8-15(12-17)13-26/h4-12,20H,3,14H2,1-2H3,(H,29,34)(H2,27,28,33). The number of esters is 1. The Morgan fingerprint density at radius 2 is 1.89 bits per heavy atom. The number of hydrogen-bond donors (Lipinski definition) is 3. The number of benzene rings is 2. The first-order valence-electron chi connectivity index (χ1n) is 11.0. The normalized spacial score (nSPS) is 21.7. The van der Waals surface area contributed by atoms with Crippen LogP contribution in [0.25, 0.3) is 0 Å². The summed E-state index contributed by atoms with van der Waals surface area (Å²) in [4.78, 5) is 52.7. The van der Waals surface area contributed by atoms with Gasteiger partial charge in [0, 0.05) is 0 Å². The van der Waals surface area contributed by atoms with Crippen molar-refractivity contribution in [2.45, 2.75) is 25.4 Å². The number of nitriles is 1. The molecule has 2 aliphatic rings. The summed E-state index contributed by atoms with van der Waals surface area (Å²) in [7, 11) is 0. The zero-order chi connectivity index (χ0) is 25.2. The van der Waals surface area contributed by atoms with E-state index in [4.69, 9.17) is 4.74 Å². The average Bonchev–Trinajstić information content (AvgIpc) is 3.08. The molecule has 2 atom stereocenters. The molecule has 2 aromatic rings. The molecule has 2 heterocycles. The minimum atomic E-state index is -1.43. The molecule has 35 heavy (non-hydrogen) atoms. The molecule has 5 amide bonds. The molecular formula is C25H23N5O5. The fourth-order valence-electron chi connectivity index (χ4n) is 4.18. The monoisotopic (exact) mass is 473 g/mol. The summed E-state index contributed by atoms with van der Waals surface area (Å²) >= 11 is 0. The number of hydrogen-bond acceptors (Lipinski definition) is 6. The van der Waals surface area contributed by atoms with Crippen molar-refractivity contribution in [3.05, 3.63) is 82.6 Å². The van der Waals surface area contributed by atoms with Gasteiger partial charge in [0.25, 0.3) is 5.91 Å². The molecule has 0 bridgehead atoms. The van der Waals surface area contributed by atoms with Crippen molar-refractivity contribution in [2.24, 2.45) is 0 Å². The lowest BCUT2D eigenvalue weighted by Gasteiger charge is -2.30. The molecule has 1 fully saturated rings. The lowest BCUT2D eigenvalue weighted by Crippen LogP contribution is -2.49. The number of carbonyl (C=O) groups excluding carboxylic acids is 4. The van der Waals surface area contributed by atoms with Crippen molar-refractivity contribution in [2.75, 3.05) is 13.2 Å². The molecule has 178 valence electrons. The number of imide groups is 1. The van der Waals surface area contributed by atoms with Crippen LogP contribution in [0.3, 0.4) is 0 Å². The Labute approximate surface area is 201 Å². The number of carbonyl (C=O) groups is 4. The van der Waals surface area contributed by atoms with E-state index in [2.05, 4.69) is 16.0 Å². The van der Waals surface area contributed by atoms with Crippen molar-refractivity contribution in [3.8, 4) is 6.07 Å². The van der Waals surface area contributed by atoms with Crippen molar-refractivity contribution in [1.29, 1.82) is 5.26 Å². The summed E-state index contributed by atoms with van der Waals surface area (Å²) in [5.41, 5.74) is 0.169. The Morgan fingerprint density at radius 1 is 1.14 bits per heavy atom. The summed E-state index contributed by atoms with van der Waals surface area (Å²) in [6, 6.07) is 15.1. The molecule has 4 rings (SSSR count). The van der Waals surface area contributed by atoms with E-state index in [0.29, 0.717) is 16.7 Å². The summed E-state index contributed by atoms with van der Waals surface area (Å²) in [6.07, 6.45) is 0. The van der Waals surface area contributed by atoms with Gasteiger partial charge in [-0.05, 0) is 37.1 Å². The van der Waals surface area contributed by atoms with E-state index in [0.717, 1.165) is 4.90 Å². The molecule has 2 aliphatic heterocycles. The van der Waals surface area contributed by atoms with Crippen molar-refractivity contribution >= 4 is 23.9 Å². The Balaban J connectivity index is 1.73. The van der Waals surface area contributed by atoms with E-state index in [9.17, 15) is 24.4 Å². The van der Waals surface area contributed by atoms with Crippen molar-refractivity contribution in [3.63, 3.8) is 0 Å². The fourth-order valence-corrected chi connectivity index (χ4v) is 4.18. The number of urea groups is 2. The average molecular weight is 473 g/mol. The summed E-state index contributed by atoms with van der Waals surface area (Å²) in [5, 5.41) is 17.2. The molecule has 10 nitrogen and oxygen atoms in total. The maximum atomic E-state index is 13.4. The van der Waals surface area contributed by atoms with Gasteiger partial charge in [-0.2, -0.15) is 5.26 Å². The third-order valence-corrected chi connectivity index (χ3v) is 5.94. The predicted molar refractivity (Wildman–Crippen MR) is 123 cm³/mol. The van der Waals surface area contributed by atoms with Gasteiger partial charge in [-0.1, -0.05) is 42.5 Å². The fraction of sp³-hybridized carbons (Fsp3) is 0.240. The van der Waals surface area contributed by atoms with Gasteiger partial charge in [-0.15, -0.1) is 0 Å². The quantitative estimate of drug-likeness (QED) is 0.434. The third-order valence-electron chi connectivity index (χ3n) is 5.94. The maximum absolute atomic E-state index is 13.4. The Bertz CT molecular complexity index is 1280. The molecule has 3 N–H and O–H groups in total. The summed E-state index contributed by atoms with van der Waals surface area (Å²) in [5.74, 6) is -1.27. The molecule has 2 unspecified atom stereocenters. The van der Waals surface area contributed by atoms with Crippen molar-refractivity contribution in [1.82, 2.24) is 20.9 Å². The molecule has 2 aromatic carbocycles. The lowest BCUT2D eigenvalue weighted by molar-refractivity contribution is -0.139. The SMILES string of the molecule is CCOC(=O)C1=C(CN2C(=O)NC(C)(c3cccc(C#N)c3)C2=O)NC(=O)NC1c1ccccc1. The second-order valence-electron chi connectivity index (χ2n) is 8.19. The highest BCUT2D eigenvalue weighted by molar-refractivity contribution is 6.07. The largest absolute Gasteiger partial charge is 0.463 e.